The summed E-state index contributed by atoms with van der Waals surface area (Å²) in [5, 5.41) is 0. The summed E-state index contributed by atoms with van der Waals surface area (Å²) in [7, 11) is -2.01. The number of ether oxygens (including phenoxy) is 1. The van der Waals surface area contributed by atoms with E-state index < -0.39 is 10.0 Å². The lowest BCUT2D eigenvalue weighted by Gasteiger charge is -2.17. The standard InChI is InChI=1S/C15H20N2O4S/c1-21-9-7-16-22(19,20)13-4-5-14-12(10-13)6-8-17(14)15(18)11-2-3-11/h4-5,10-11,16H,2-3,6-9H2,1H3. The van der Waals surface area contributed by atoms with Crippen molar-refractivity contribution in [1.29, 1.82) is 0 Å². The Morgan fingerprint density at radius 1 is 1.41 bits per heavy atom. The minimum Gasteiger partial charge on any atom is -0.383 e. The number of sulfonamides is 1. The molecule has 0 atom stereocenters. The number of nitrogens with zero attached hydrogens (tertiary/aromatic N) is 1. The first-order valence-corrected chi connectivity index (χ1v) is 8.94. The van der Waals surface area contributed by atoms with E-state index in [0.717, 1.165) is 24.1 Å². The minimum atomic E-state index is -3.53. The van der Waals surface area contributed by atoms with Crippen molar-refractivity contribution < 1.29 is 17.9 Å². The van der Waals surface area contributed by atoms with Crippen LogP contribution in [0.3, 0.4) is 0 Å². The topological polar surface area (TPSA) is 75.7 Å². The van der Waals surface area contributed by atoms with Crippen LogP contribution in [0.2, 0.25) is 0 Å². The van der Waals surface area contributed by atoms with Crippen LogP contribution in [0.4, 0.5) is 5.69 Å². The highest BCUT2D eigenvalue weighted by Crippen LogP contribution is 2.37. The fourth-order valence-electron chi connectivity index (χ4n) is 2.69. The molecule has 1 amide bonds. The van der Waals surface area contributed by atoms with Crippen molar-refractivity contribution in [1.82, 2.24) is 4.72 Å². The van der Waals surface area contributed by atoms with E-state index >= 15 is 0 Å². The molecular weight excluding hydrogens is 304 g/mol. The van der Waals surface area contributed by atoms with Gasteiger partial charge in [0.05, 0.1) is 11.5 Å². The van der Waals surface area contributed by atoms with Crippen molar-refractivity contribution in [3.63, 3.8) is 0 Å². The largest absolute Gasteiger partial charge is 0.383 e. The van der Waals surface area contributed by atoms with Crippen LogP contribution in [-0.4, -0.2) is 41.1 Å². The molecule has 0 spiro atoms. The highest BCUT2D eigenvalue weighted by atomic mass is 32.2. The summed E-state index contributed by atoms with van der Waals surface area (Å²) in [6, 6.07) is 4.98. The second-order valence-corrected chi connectivity index (χ2v) is 7.46. The van der Waals surface area contributed by atoms with E-state index in [1.807, 2.05) is 0 Å². The number of methoxy groups -OCH3 is 1. The van der Waals surface area contributed by atoms with Gasteiger partial charge in [0.1, 0.15) is 0 Å². The van der Waals surface area contributed by atoms with Crippen LogP contribution in [0.1, 0.15) is 18.4 Å². The van der Waals surface area contributed by atoms with Crippen molar-refractivity contribution in [3.05, 3.63) is 23.8 Å². The third kappa shape index (κ3) is 3.02. The molecule has 1 fully saturated rings. The summed E-state index contributed by atoms with van der Waals surface area (Å²) in [6.45, 7) is 1.21. The van der Waals surface area contributed by atoms with Gasteiger partial charge in [-0.25, -0.2) is 13.1 Å². The summed E-state index contributed by atoms with van der Waals surface area (Å²) in [4.78, 5) is 14.2. The average molecular weight is 324 g/mol. The van der Waals surface area contributed by atoms with Gasteiger partial charge in [-0.3, -0.25) is 4.79 Å². The molecule has 1 aliphatic heterocycles. The molecule has 0 aromatic heterocycles. The van der Waals surface area contributed by atoms with Gasteiger partial charge in [-0.1, -0.05) is 0 Å². The fourth-order valence-corrected chi connectivity index (χ4v) is 3.75. The van der Waals surface area contributed by atoms with Crippen LogP contribution in [0.25, 0.3) is 0 Å². The van der Waals surface area contributed by atoms with Crippen molar-refractivity contribution in [2.24, 2.45) is 5.92 Å². The number of carbonyl (C=O) groups is 1. The van der Waals surface area contributed by atoms with Gasteiger partial charge in [-0.15, -0.1) is 0 Å². The number of hydrogen-bond acceptors (Lipinski definition) is 4. The summed E-state index contributed by atoms with van der Waals surface area (Å²) in [5.74, 6) is 0.345. The summed E-state index contributed by atoms with van der Waals surface area (Å²) in [5.41, 5.74) is 1.77. The third-order valence-electron chi connectivity index (χ3n) is 4.05. The third-order valence-corrected chi connectivity index (χ3v) is 5.51. The molecule has 0 bridgehead atoms. The number of hydrogen-bond donors (Lipinski definition) is 1. The number of rotatable bonds is 6. The normalized spacial score (nSPS) is 17.6. The van der Waals surface area contributed by atoms with Crippen LogP contribution in [-0.2, 0) is 26.0 Å². The smallest absolute Gasteiger partial charge is 0.240 e. The Labute approximate surface area is 130 Å². The zero-order valence-corrected chi connectivity index (χ0v) is 13.4. The first kappa shape index (κ1) is 15.5. The van der Waals surface area contributed by atoms with Gasteiger partial charge in [0, 0.05) is 31.8 Å². The monoisotopic (exact) mass is 324 g/mol. The summed E-state index contributed by atoms with van der Waals surface area (Å²) >= 11 is 0. The van der Waals surface area contributed by atoms with Crippen molar-refractivity contribution in [2.45, 2.75) is 24.2 Å². The number of fused-ring (bicyclic) bond motifs is 1. The molecule has 3 rings (SSSR count). The molecule has 0 saturated heterocycles. The van der Waals surface area contributed by atoms with Crippen molar-refractivity contribution in [2.75, 3.05) is 31.7 Å². The van der Waals surface area contributed by atoms with E-state index in [2.05, 4.69) is 4.72 Å². The van der Waals surface area contributed by atoms with E-state index in [1.54, 1.807) is 23.1 Å². The number of anilines is 1. The quantitative estimate of drug-likeness (QED) is 0.789. The Hall–Kier alpha value is -1.44. The zero-order valence-electron chi connectivity index (χ0n) is 12.5. The highest BCUT2D eigenvalue weighted by molar-refractivity contribution is 7.89. The van der Waals surface area contributed by atoms with E-state index in [9.17, 15) is 13.2 Å². The molecule has 1 heterocycles. The summed E-state index contributed by atoms with van der Waals surface area (Å²) < 4.78 is 31.7. The van der Waals surface area contributed by atoms with Gasteiger partial charge in [0.15, 0.2) is 0 Å². The molecule has 2 aliphatic rings. The number of benzene rings is 1. The van der Waals surface area contributed by atoms with Gasteiger partial charge in [0.2, 0.25) is 15.9 Å². The Morgan fingerprint density at radius 3 is 2.86 bits per heavy atom. The first-order valence-electron chi connectivity index (χ1n) is 7.46. The SMILES string of the molecule is COCCNS(=O)(=O)c1ccc2c(c1)CCN2C(=O)C1CC1. The molecule has 0 unspecified atom stereocenters. The van der Waals surface area contributed by atoms with E-state index in [-0.39, 0.29) is 23.3 Å². The maximum atomic E-state index is 12.2. The van der Waals surface area contributed by atoms with Gasteiger partial charge in [-0.05, 0) is 43.0 Å². The van der Waals surface area contributed by atoms with Gasteiger partial charge >= 0.3 is 0 Å². The molecule has 7 heteroatoms. The minimum absolute atomic E-state index is 0.171. The van der Waals surface area contributed by atoms with Crippen LogP contribution < -0.4 is 9.62 Å². The van der Waals surface area contributed by atoms with Crippen molar-refractivity contribution >= 4 is 21.6 Å². The molecule has 1 N–H and O–H groups in total. The molecule has 1 aromatic rings. The molecule has 120 valence electrons. The fraction of sp³-hybridized carbons (Fsp3) is 0.533. The molecule has 1 aromatic carbocycles. The number of amides is 1. The predicted octanol–water partition coefficient (Wildman–Crippen LogP) is 0.910. The van der Waals surface area contributed by atoms with E-state index in [1.165, 1.54) is 7.11 Å². The van der Waals surface area contributed by atoms with Crippen molar-refractivity contribution in [3.8, 4) is 0 Å². The predicted molar refractivity (Wildman–Crippen MR) is 82.3 cm³/mol. The van der Waals surface area contributed by atoms with Gasteiger partial charge in [-0.2, -0.15) is 0 Å². The average Bonchev–Trinajstić information content (AvgIpc) is 3.26. The Kier molecular flexibility index (Phi) is 4.20. The molecular formula is C15H20N2O4S. The second-order valence-electron chi connectivity index (χ2n) is 5.70. The van der Waals surface area contributed by atoms with Crippen LogP contribution in [0.15, 0.2) is 23.1 Å². The molecule has 0 radical (unpaired) electrons. The van der Waals surface area contributed by atoms with E-state index in [0.29, 0.717) is 19.6 Å². The lowest BCUT2D eigenvalue weighted by molar-refractivity contribution is -0.119. The maximum absolute atomic E-state index is 12.2. The van der Waals surface area contributed by atoms with Crippen LogP contribution >= 0.6 is 0 Å². The molecule has 1 saturated carbocycles. The number of nitrogens with one attached hydrogen (secondary N) is 1. The Morgan fingerprint density at radius 2 is 2.18 bits per heavy atom. The Bertz CT molecular complexity index is 683. The summed E-state index contributed by atoms with van der Waals surface area (Å²) in [6.07, 6.45) is 2.65. The lowest BCUT2D eigenvalue weighted by atomic mass is 10.2. The maximum Gasteiger partial charge on any atom is 0.240 e. The molecule has 1 aliphatic carbocycles. The first-order chi connectivity index (χ1) is 10.5. The highest BCUT2D eigenvalue weighted by Gasteiger charge is 2.36. The molecule has 6 nitrogen and oxygen atoms in total. The second kappa shape index (κ2) is 5.98. The van der Waals surface area contributed by atoms with Crippen LogP contribution in [0, 0.1) is 5.92 Å². The molecule has 22 heavy (non-hydrogen) atoms. The van der Waals surface area contributed by atoms with Gasteiger partial charge in [0.25, 0.3) is 0 Å². The number of carbonyl (C=O) groups excluding carboxylic acids is 1. The van der Waals surface area contributed by atoms with Gasteiger partial charge < -0.3 is 9.64 Å². The zero-order chi connectivity index (χ0) is 15.7. The lowest BCUT2D eigenvalue weighted by Crippen LogP contribution is -2.30. The Balaban J connectivity index is 1.78. The van der Waals surface area contributed by atoms with Crippen LogP contribution in [0.5, 0.6) is 0 Å². The van der Waals surface area contributed by atoms with E-state index in [4.69, 9.17) is 4.74 Å².